The van der Waals surface area contributed by atoms with E-state index in [0.29, 0.717) is 41.1 Å². The molecule has 4 nitrogen and oxygen atoms in total. The minimum absolute atomic E-state index is 0.0533. The molecular formula is C34H56O4. The van der Waals surface area contributed by atoms with Gasteiger partial charge in [-0.15, -0.1) is 0 Å². The molecule has 4 saturated carbocycles. The predicted molar refractivity (Wildman–Crippen MR) is 150 cm³/mol. The molecule has 6 aliphatic rings. The number of unbranched alkanes of at least 4 members (excludes halogenated alkanes) is 3. The van der Waals surface area contributed by atoms with Crippen LogP contribution in [0.4, 0.5) is 0 Å². The van der Waals surface area contributed by atoms with Gasteiger partial charge in [-0.25, -0.2) is 0 Å². The van der Waals surface area contributed by atoms with Gasteiger partial charge in [0, 0.05) is 18.8 Å². The van der Waals surface area contributed by atoms with Gasteiger partial charge in [0.2, 0.25) is 0 Å². The summed E-state index contributed by atoms with van der Waals surface area (Å²) < 4.78 is 19.5. The maximum absolute atomic E-state index is 12.5. The summed E-state index contributed by atoms with van der Waals surface area (Å²) in [5, 5.41) is 0. The standard InChI is InChI=1S/C34H56O4/c1-6-7-8-9-10-30(35)37-25-14-16-32(4)24(19-25)11-12-26-27(32)15-17-33(5)28(26)20-29-31(33)23(3)34(38-29)18-13-22(2)21-36-34/h22-29,31H,6-21H2,1-5H3/t22-,23+,24+,25+,26+,27-,28+,29-,31+,32-,33-,34+/m0/s1. The van der Waals surface area contributed by atoms with Crippen LogP contribution < -0.4 is 0 Å². The summed E-state index contributed by atoms with van der Waals surface area (Å²) in [6.45, 7) is 13.1. The Morgan fingerprint density at radius 3 is 2.47 bits per heavy atom. The minimum Gasteiger partial charge on any atom is -0.462 e. The molecule has 0 amide bonds. The highest BCUT2D eigenvalue weighted by Gasteiger charge is 2.69. The molecule has 38 heavy (non-hydrogen) atoms. The highest BCUT2D eigenvalue weighted by Crippen LogP contribution is 2.71. The molecule has 6 fully saturated rings. The molecule has 2 aliphatic heterocycles. The third-order valence-electron chi connectivity index (χ3n) is 13.4. The number of hydrogen-bond acceptors (Lipinski definition) is 4. The Bertz CT molecular complexity index is 863. The first-order valence-electron chi connectivity index (χ1n) is 16.7. The Labute approximate surface area is 232 Å². The first kappa shape index (κ1) is 27.6. The molecule has 6 rings (SSSR count). The second kappa shape index (κ2) is 10.3. The number of rotatable bonds is 6. The maximum Gasteiger partial charge on any atom is 0.306 e. The minimum atomic E-state index is -0.303. The summed E-state index contributed by atoms with van der Waals surface area (Å²) in [6.07, 6.45) is 18.2. The van der Waals surface area contributed by atoms with E-state index in [4.69, 9.17) is 14.2 Å². The third-order valence-corrected chi connectivity index (χ3v) is 13.4. The van der Waals surface area contributed by atoms with Gasteiger partial charge in [-0.2, -0.15) is 0 Å². The summed E-state index contributed by atoms with van der Waals surface area (Å²) in [5.74, 6) is 4.77. The van der Waals surface area contributed by atoms with E-state index < -0.39 is 0 Å². The molecular weight excluding hydrogens is 472 g/mol. The van der Waals surface area contributed by atoms with Crippen molar-refractivity contribution >= 4 is 5.97 Å². The molecule has 0 radical (unpaired) electrons. The average molecular weight is 529 g/mol. The third kappa shape index (κ3) is 4.41. The molecule has 4 heteroatoms. The van der Waals surface area contributed by atoms with Crippen molar-refractivity contribution in [3.63, 3.8) is 0 Å². The molecule has 4 aliphatic carbocycles. The first-order valence-corrected chi connectivity index (χ1v) is 16.7. The number of carbonyl (C=O) groups excluding carboxylic acids is 1. The van der Waals surface area contributed by atoms with Crippen LogP contribution in [0.2, 0.25) is 0 Å². The predicted octanol–water partition coefficient (Wildman–Crippen LogP) is 8.32. The lowest BCUT2D eigenvalue weighted by Crippen LogP contribution is -2.55. The molecule has 0 aromatic rings. The first-order chi connectivity index (χ1) is 18.2. The van der Waals surface area contributed by atoms with Gasteiger partial charge < -0.3 is 14.2 Å². The van der Waals surface area contributed by atoms with Gasteiger partial charge in [0.1, 0.15) is 6.10 Å². The lowest BCUT2D eigenvalue weighted by Gasteiger charge is -2.61. The molecule has 1 spiro atoms. The Hall–Kier alpha value is -0.610. The fourth-order valence-electron chi connectivity index (χ4n) is 11.3. The van der Waals surface area contributed by atoms with Crippen LogP contribution in [0.5, 0.6) is 0 Å². The van der Waals surface area contributed by atoms with Gasteiger partial charge in [0.05, 0.1) is 12.7 Å². The van der Waals surface area contributed by atoms with Crippen LogP contribution in [0, 0.1) is 52.3 Å². The molecule has 12 atom stereocenters. The van der Waals surface area contributed by atoms with Crippen LogP contribution in [-0.4, -0.2) is 30.6 Å². The Morgan fingerprint density at radius 2 is 1.71 bits per heavy atom. The molecule has 0 aromatic carbocycles. The summed E-state index contributed by atoms with van der Waals surface area (Å²) >= 11 is 0. The van der Waals surface area contributed by atoms with Crippen molar-refractivity contribution in [1.29, 1.82) is 0 Å². The van der Waals surface area contributed by atoms with Gasteiger partial charge in [-0.1, -0.05) is 53.9 Å². The summed E-state index contributed by atoms with van der Waals surface area (Å²) in [7, 11) is 0. The smallest absolute Gasteiger partial charge is 0.306 e. The second-order valence-corrected chi connectivity index (χ2v) is 15.4. The fraction of sp³-hybridized carbons (Fsp3) is 0.971. The van der Waals surface area contributed by atoms with E-state index in [1.807, 2.05) is 0 Å². The van der Waals surface area contributed by atoms with Crippen molar-refractivity contribution in [2.24, 2.45) is 52.3 Å². The van der Waals surface area contributed by atoms with Crippen LogP contribution in [0.25, 0.3) is 0 Å². The zero-order valence-electron chi connectivity index (χ0n) is 25.1. The number of ether oxygens (including phenoxy) is 3. The van der Waals surface area contributed by atoms with Crippen molar-refractivity contribution in [3.05, 3.63) is 0 Å². The highest BCUT2D eigenvalue weighted by atomic mass is 16.7. The SMILES string of the molecule is CCCCCCC(=O)O[C@@H]1CC[C@@]2(C)[C@H](CC[C@H]3[C@H]4C[C@@H]5O[C@]6(CC[C@H](C)CO6)[C@H](C)[C@H]5[C@@]4(C)CC[C@@H]32)C1. The normalized spacial score (nSPS) is 51.7. The topological polar surface area (TPSA) is 44.8 Å². The summed E-state index contributed by atoms with van der Waals surface area (Å²) in [4.78, 5) is 12.5. The molecule has 2 saturated heterocycles. The molecule has 216 valence electrons. The van der Waals surface area contributed by atoms with E-state index in [0.717, 1.165) is 62.4 Å². The largest absolute Gasteiger partial charge is 0.462 e. The van der Waals surface area contributed by atoms with Crippen LogP contribution in [0.15, 0.2) is 0 Å². The average Bonchev–Trinajstić information content (AvgIpc) is 3.34. The van der Waals surface area contributed by atoms with E-state index in [1.54, 1.807) is 0 Å². The van der Waals surface area contributed by atoms with Crippen molar-refractivity contribution in [3.8, 4) is 0 Å². The van der Waals surface area contributed by atoms with Crippen LogP contribution in [0.1, 0.15) is 131 Å². The molecule has 0 unspecified atom stereocenters. The lowest BCUT2D eigenvalue weighted by atomic mass is 9.44. The van der Waals surface area contributed by atoms with E-state index in [1.165, 1.54) is 57.8 Å². The molecule has 0 aromatic heterocycles. The Balaban J connectivity index is 1.10. The number of carbonyl (C=O) groups is 1. The lowest BCUT2D eigenvalue weighted by molar-refractivity contribution is -0.273. The van der Waals surface area contributed by atoms with Crippen molar-refractivity contribution in [1.82, 2.24) is 0 Å². The van der Waals surface area contributed by atoms with Crippen LogP contribution >= 0.6 is 0 Å². The monoisotopic (exact) mass is 528 g/mol. The molecule has 0 bridgehead atoms. The molecule has 2 heterocycles. The fourth-order valence-corrected chi connectivity index (χ4v) is 11.3. The van der Waals surface area contributed by atoms with Gasteiger partial charge in [0.15, 0.2) is 5.79 Å². The van der Waals surface area contributed by atoms with E-state index in [9.17, 15) is 4.79 Å². The summed E-state index contributed by atoms with van der Waals surface area (Å²) in [5.41, 5.74) is 0.817. The van der Waals surface area contributed by atoms with Crippen molar-refractivity contribution < 1.29 is 19.0 Å². The van der Waals surface area contributed by atoms with Crippen molar-refractivity contribution in [2.45, 2.75) is 149 Å². The van der Waals surface area contributed by atoms with E-state index in [-0.39, 0.29) is 17.9 Å². The molecule has 0 N–H and O–H groups in total. The zero-order chi connectivity index (χ0) is 26.7. The zero-order valence-corrected chi connectivity index (χ0v) is 25.1. The second-order valence-electron chi connectivity index (χ2n) is 15.4. The van der Waals surface area contributed by atoms with Crippen LogP contribution in [0.3, 0.4) is 0 Å². The Kier molecular flexibility index (Phi) is 7.50. The van der Waals surface area contributed by atoms with Gasteiger partial charge in [-0.05, 0) is 111 Å². The number of hydrogen-bond donors (Lipinski definition) is 0. The van der Waals surface area contributed by atoms with Gasteiger partial charge in [-0.3, -0.25) is 4.79 Å². The van der Waals surface area contributed by atoms with Crippen molar-refractivity contribution in [2.75, 3.05) is 6.61 Å². The number of esters is 1. The van der Waals surface area contributed by atoms with E-state index in [2.05, 4.69) is 34.6 Å². The highest BCUT2D eigenvalue weighted by molar-refractivity contribution is 5.69. The Morgan fingerprint density at radius 1 is 0.895 bits per heavy atom. The number of fused-ring (bicyclic) bond motifs is 7. The van der Waals surface area contributed by atoms with Gasteiger partial charge in [0.25, 0.3) is 0 Å². The summed E-state index contributed by atoms with van der Waals surface area (Å²) in [6, 6.07) is 0. The van der Waals surface area contributed by atoms with E-state index >= 15 is 0 Å². The quantitative estimate of drug-likeness (QED) is 0.257. The van der Waals surface area contributed by atoms with Crippen LogP contribution in [-0.2, 0) is 19.0 Å². The maximum atomic E-state index is 12.5. The van der Waals surface area contributed by atoms with Gasteiger partial charge >= 0.3 is 5.97 Å².